The molecule has 0 fully saturated rings. The number of unbranched alkanes of at least 4 members (excludes halogenated alkanes) is 1. The molecule has 0 aliphatic rings. The number of ether oxygens (including phenoxy) is 2. The first-order chi connectivity index (χ1) is 12.6. The van der Waals surface area contributed by atoms with E-state index in [1.165, 1.54) is 6.07 Å². The van der Waals surface area contributed by atoms with Crippen LogP contribution in [0.2, 0.25) is 0 Å². The van der Waals surface area contributed by atoms with Gasteiger partial charge in [-0.25, -0.2) is 9.18 Å². The third-order valence-electron chi connectivity index (χ3n) is 3.62. The Labute approximate surface area is 152 Å². The van der Waals surface area contributed by atoms with Gasteiger partial charge in [-0.05, 0) is 36.8 Å². The summed E-state index contributed by atoms with van der Waals surface area (Å²) in [6.07, 6.45) is 1.79. The summed E-state index contributed by atoms with van der Waals surface area (Å²) in [5.41, 5.74) is 0.837. The van der Waals surface area contributed by atoms with Crippen molar-refractivity contribution in [1.82, 2.24) is 5.32 Å². The fourth-order valence-electron chi connectivity index (χ4n) is 2.12. The number of esters is 1. The predicted octanol–water partition coefficient (Wildman–Crippen LogP) is 3.48. The number of carbonyl (C=O) groups excluding carboxylic acids is 2. The van der Waals surface area contributed by atoms with Gasteiger partial charge in [0.15, 0.2) is 6.61 Å². The van der Waals surface area contributed by atoms with Crippen molar-refractivity contribution in [2.45, 2.75) is 26.3 Å². The minimum absolute atomic E-state index is 0.0946. The third kappa shape index (κ3) is 6.20. The van der Waals surface area contributed by atoms with Gasteiger partial charge in [0.1, 0.15) is 11.6 Å². The standard InChI is InChI=1S/C20H22FNO4/c1-2-3-12-25-20(24)15-8-10-17(11-9-15)26-14-19(23)22-13-16-6-4-5-7-18(16)21/h4-11H,2-3,12-14H2,1H3,(H,22,23). The molecule has 1 N–H and O–H groups in total. The van der Waals surface area contributed by atoms with E-state index in [4.69, 9.17) is 9.47 Å². The molecule has 0 aromatic heterocycles. The monoisotopic (exact) mass is 359 g/mol. The zero-order chi connectivity index (χ0) is 18.8. The molecule has 0 aliphatic carbocycles. The number of hydrogen-bond donors (Lipinski definition) is 1. The Balaban J connectivity index is 1.75. The summed E-state index contributed by atoms with van der Waals surface area (Å²) >= 11 is 0. The quantitative estimate of drug-likeness (QED) is 0.550. The van der Waals surface area contributed by atoms with Gasteiger partial charge in [-0.2, -0.15) is 0 Å². The van der Waals surface area contributed by atoms with Crippen LogP contribution in [0.25, 0.3) is 0 Å². The van der Waals surface area contributed by atoms with Gasteiger partial charge in [0.25, 0.3) is 5.91 Å². The van der Waals surface area contributed by atoms with Gasteiger partial charge in [-0.15, -0.1) is 0 Å². The van der Waals surface area contributed by atoms with Crippen LogP contribution in [0.15, 0.2) is 48.5 Å². The van der Waals surface area contributed by atoms with Crippen LogP contribution in [-0.4, -0.2) is 25.1 Å². The van der Waals surface area contributed by atoms with Gasteiger partial charge in [-0.3, -0.25) is 4.79 Å². The van der Waals surface area contributed by atoms with Crippen LogP contribution in [0.3, 0.4) is 0 Å². The Morgan fingerprint density at radius 1 is 1.08 bits per heavy atom. The first-order valence-corrected chi connectivity index (χ1v) is 8.50. The Morgan fingerprint density at radius 3 is 2.50 bits per heavy atom. The largest absolute Gasteiger partial charge is 0.484 e. The smallest absolute Gasteiger partial charge is 0.338 e. The number of halogens is 1. The number of hydrogen-bond acceptors (Lipinski definition) is 4. The normalized spacial score (nSPS) is 10.2. The molecule has 0 saturated carbocycles. The predicted molar refractivity (Wildman–Crippen MR) is 95.4 cm³/mol. The second-order valence-corrected chi connectivity index (χ2v) is 5.67. The number of amides is 1. The molecule has 0 heterocycles. The molecule has 0 atom stereocenters. The van der Waals surface area contributed by atoms with Gasteiger partial charge in [0.2, 0.25) is 0 Å². The molecule has 6 heteroatoms. The average Bonchev–Trinajstić information content (AvgIpc) is 2.66. The first kappa shape index (κ1) is 19.4. The molecule has 0 bridgehead atoms. The van der Waals surface area contributed by atoms with Gasteiger partial charge in [-0.1, -0.05) is 31.5 Å². The number of nitrogens with one attached hydrogen (secondary N) is 1. The van der Waals surface area contributed by atoms with Crippen LogP contribution in [0.1, 0.15) is 35.7 Å². The Morgan fingerprint density at radius 2 is 1.81 bits per heavy atom. The van der Waals surface area contributed by atoms with E-state index in [1.807, 2.05) is 6.92 Å². The topological polar surface area (TPSA) is 64.6 Å². The molecular weight excluding hydrogens is 337 g/mol. The van der Waals surface area contributed by atoms with Gasteiger partial charge in [0, 0.05) is 12.1 Å². The minimum atomic E-state index is -0.382. The maximum absolute atomic E-state index is 13.5. The summed E-state index contributed by atoms with van der Waals surface area (Å²) in [4.78, 5) is 23.6. The van der Waals surface area contributed by atoms with Crippen LogP contribution in [0, 0.1) is 5.82 Å². The molecule has 0 radical (unpaired) electrons. The Kier molecular flexibility index (Phi) is 7.61. The van der Waals surface area contributed by atoms with Crippen LogP contribution in [0.4, 0.5) is 4.39 Å². The van der Waals surface area contributed by atoms with Crippen LogP contribution >= 0.6 is 0 Å². The zero-order valence-electron chi connectivity index (χ0n) is 14.7. The Hall–Kier alpha value is -2.89. The molecule has 2 rings (SSSR count). The highest BCUT2D eigenvalue weighted by Crippen LogP contribution is 2.13. The summed E-state index contributed by atoms with van der Waals surface area (Å²) in [5.74, 6) is -0.657. The molecule has 0 unspecified atom stereocenters. The highest BCUT2D eigenvalue weighted by Gasteiger charge is 2.08. The first-order valence-electron chi connectivity index (χ1n) is 8.50. The van der Waals surface area contributed by atoms with E-state index < -0.39 is 0 Å². The highest BCUT2D eigenvalue weighted by molar-refractivity contribution is 5.89. The molecular formula is C20H22FNO4. The second kappa shape index (κ2) is 10.2. The van der Waals surface area contributed by atoms with Crippen molar-refractivity contribution in [1.29, 1.82) is 0 Å². The third-order valence-corrected chi connectivity index (χ3v) is 3.62. The van der Waals surface area contributed by atoms with E-state index >= 15 is 0 Å². The molecule has 1 amide bonds. The van der Waals surface area contributed by atoms with Crippen molar-refractivity contribution < 1.29 is 23.5 Å². The molecule has 0 aliphatic heterocycles. The Bertz CT molecular complexity index is 731. The lowest BCUT2D eigenvalue weighted by atomic mass is 10.2. The average molecular weight is 359 g/mol. The van der Waals surface area contributed by atoms with E-state index in [2.05, 4.69) is 5.32 Å². The van der Waals surface area contributed by atoms with Crippen LogP contribution < -0.4 is 10.1 Å². The zero-order valence-corrected chi connectivity index (χ0v) is 14.7. The minimum Gasteiger partial charge on any atom is -0.484 e. The molecule has 0 saturated heterocycles. The van der Waals surface area contributed by atoms with Gasteiger partial charge >= 0.3 is 5.97 Å². The maximum atomic E-state index is 13.5. The summed E-state index contributed by atoms with van der Waals surface area (Å²) < 4.78 is 23.9. The fourth-order valence-corrected chi connectivity index (χ4v) is 2.12. The molecule has 138 valence electrons. The van der Waals surface area contributed by atoms with Crippen LogP contribution in [-0.2, 0) is 16.1 Å². The van der Waals surface area contributed by atoms with Crippen molar-refractivity contribution in [3.63, 3.8) is 0 Å². The maximum Gasteiger partial charge on any atom is 0.338 e. The van der Waals surface area contributed by atoms with Crippen molar-refractivity contribution in [3.8, 4) is 5.75 Å². The lowest BCUT2D eigenvalue weighted by Gasteiger charge is -2.09. The molecule has 26 heavy (non-hydrogen) atoms. The van der Waals surface area contributed by atoms with Crippen LogP contribution in [0.5, 0.6) is 5.75 Å². The fraction of sp³-hybridized carbons (Fsp3) is 0.300. The van der Waals surface area contributed by atoms with Gasteiger partial charge in [0.05, 0.1) is 12.2 Å². The molecule has 0 spiro atoms. The molecule has 5 nitrogen and oxygen atoms in total. The van der Waals surface area contributed by atoms with E-state index in [-0.39, 0.29) is 30.8 Å². The summed E-state index contributed by atoms with van der Waals surface area (Å²) in [6, 6.07) is 12.6. The highest BCUT2D eigenvalue weighted by atomic mass is 19.1. The van der Waals surface area contributed by atoms with E-state index in [9.17, 15) is 14.0 Å². The lowest BCUT2D eigenvalue weighted by molar-refractivity contribution is -0.123. The van der Waals surface area contributed by atoms with Crippen molar-refractivity contribution in [2.24, 2.45) is 0 Å². The van der Waals surface area contributed by atoms with Crippen molar-refractivity contribution >= 4 is 11.9 Å². The second-order valence-electron chi connectivity index (χ2n) is 5.67. The lowest BCUT2D eigenvalue weighted by Crippen LogP contribution is -2.28. The van der Waals surface area contributed by atoms with E-state index in [1.54, 1.807) is 42.5 Å². The molecule has 2 aromatic carbocycles. The summed E-state index contributed by atoms with van der Waals surface area (Å²) in [7, 11) is 0. The number of rotatable bonds is 9. The summed E-state index contributed by atoms with van der Waals surface area (Å²) in [6.45, 7) is 2.31. The van der Waals surface area contributed by atoms with Gasteiger partial charge < -0.3 is 14.8 Å². The van der Waals surface area contributed by atoms with Crippen molar-refractivity contribution in [3.05, 3.63) is 65.5 Å². The number of carbonyl (C=O) groups is 2. The SMILES string of the molecule is CCCCOC(=O)c1ccc(OCC(=O)NCc2ccccc2F)cc1. The summed E-state index contributed by atoms with van der Waals surface area (Å²) in [5, 5.41) is 2.59. The number of benzene rings is 2. The molecule has 2 aromatic rings. The van der Waals surface area contributed by atoms with Crippen molar-refractivity contribution in [2.75, 3.05) is 13.2 Å². The van der Waals surface area contributed by atoms with E-state index in [0.717, 1.165) is 12.8 Å². The van der Waals surface area contributed by atoms with E-state index in [0.29, 0.717) is 23.5 Å².